The molecular formula is C10H12N2OS. The summed E-state index contributed by atoms with van der Waals surface area (Å²) < 4.78 is 0. The fourth-order valence-electron chi connectivity index (χ4n) is 1.01. The van der Waals surface area contributed by atoms with Crippen LogP contribution in [0.2, 0.25) is 0 Å². The molecule has 1 rings (SSSR count). The van der Waals surface area contributed by atoms with Crippen molar-refractivity contribution in [3.05, 3.63) is 41.5 Å². The summed E-state index contributed by atoms with van der Waals surface area (Å²) in [7, 11) is 0. The zero-order valence-corrected chi connectivity index (χ0v) is 8.48. The summed E-state index contributed by atoms with van der Waals surface area (Å²) >= 11 is 4.06. The van der Waals surface area contributed by atoms with Crippen LogP contribution in [0.25, 0.3) is 6.08 Å². The maximum atomic E-state index is 8.44. The highest BCUT2D eigenvalue weighted by Crippen LogP contribution is 2.06. The van der Waals surface area contributed by atoms with Crippen LogP contribution in [0.4, 0.5) is 0 Å². The Kier molecular flexibility index (Phi) is 4.07. The Morgan fingerprint density at radius 3 is 2.57 bits per heavy atom. The molecule has 0 radical (unpaired) electrons. The molecule has 1 aromatic carbocycles. The van der Waals surface area contributed by atoms with Gasteiger partial charge in [-0.2, -0.15) is 12.6 Å². The van der Waals surface area contributed by atoms with Crippen LogP contribution < -0.4 is 5.73 Å². The van der Waals surface area contributed by atoms with Crippen LogP contribution in [0.15, 0.2) is 35.5 Å². The van der Waals surface area contributed by atoms with E-state index >= 15 is 0 Å². The first-order valence-corrected chi connectivity index (χ1v) is 4.76. The highest BCUT2D eigenvalue weighted by atomic mass is 32.1. The summed E-state index contributed by atoms with van der Waals surface area (Å²) in [6.45, 7) is 0. The zero-order chi connectivity index (χ0) is 10.4. The maximum Gasteiger partial charge on any atom is 0.170 e. The van der Waals surface area contributed by atoms with Crippen LogP contribution in [0.3, 0.4) is 0 Å². The average molecular weight is 208 g/mol. The van der Waals surface area contributed by atoms with Gasteiger partial charge in [0.1, 0.15) is 0 Å². The molecule has 0 unspecified atom stereocenters. The molecule has 14 heavy (non-hydrogen) atoms. The van der Waals surface area contributed by atoms with Crippen molar-refractivity contribution in [2.75, 3.05) is 5.75 Å². The predicted molar refractivity (Wildman–Crippen MR) is 61.8 cm³/mol. The number of nitrogens with zero attached hydrogens (tertiary/aromatic N) is 1. The number of amidine groups is 1. The summed E-state index contributed by atoms with van der Waals surface area (Å²) in [6, 6.07) is 7.39. The Labute approximate surface area is 88.3 Å². The van der Waals surface area contributed by atoms with Gasteiger partial charge in [0, 0.05) is 11.3 Å². The van der Waals surface area contributed by atoms with Crippen molar-refractivity contribution >= 4 is 24.5 Å². The molecule has 0 atom stereocenters. The molecule has 0 saturated carbocycles. The van der Waals surface area contributed by atoms with Crippen LogP contribution >= 0.6 is 12.6 Å². The highest BCUT2D eigenvalue weighted by Gasteiger charge is 1.96. The minimum atomic E-state index is 0.120. The van der Waals surface area contributed by atoms with Gasteiger partial charge in [-0.1, -0.05) is 41.6 Å². The normalized spacial score (nSPS) is 12.2. The van der Waals surface area contributed by atoms with Crippen molar-refractivity contribution in [3.63, 3.8) is 0 Å². The fraction of sp³-hybridized carbons (Fsp3) is 0.100. The second-order valence-electron chi connectivity index (χ2n) is 2.69. The van der Waals surface area contributed by atoms with Crippen LogP contribution in [0.1, 0.15) is 11.1 Å². The molecule has 0 amide bonds. The number of oxime groups is 1. The van der Waals surface area contributed by atoms with Gasteiger partial charge in [-0.3, -0.25) is 0 Å². The Bertz CT molecular complexity index is 344. The van der Waals surface area contributed by atoms with Crippen LogP contribution in [-0.4, -0.2) is 16.8 Å². The van der Waals surface area contributed by atoms with Crippen LogP contribution in [0.5, 0.6) is 0 Å². The van der Waals surface area contributed by atoms with Gasteiger partial charge in [-0.25, -0.2) is 0 Å². The van der Waals surface area contributed by atoms with Gasteiger partial charge in [0.05, 0.1) is 0 Å². The van der Waals surface area contributed by atoms with Crippen molar-refractivity contribution in [2.24, 2.45) is 10.9 Å². The Morgan fingerprint density at radius 2 is 2.07 bits per heavy atom. The Balaban J connectivity index is 2.84. The van der Waals surface area contributed by atoms with E-state index in [2.05, 4.69) is 17.8 Å². The quantitative estimate of drug-likeness (QED) is 0.233. The topological polar surface area (TPSA) is 58.6 Å². The molecule has 74 valence electrons. The molecule has 0 aromatic heterocycles. The zero-order valence-electron chi connectivity index (χ0n) is 7.59. The van der Waals surface area contributed by atoms with Crippen molar-refractivity contribution in [3.8, 4) is 0 Å². The van der Waals surface area contributed by atoms with E-state index in [1.165, 1.54) is 0 Å². The lowest BCUT2D eigenvalue weighted by Crippen LogP contribution is -2.12. The third-order valence-corrected chi connectivity index (χ3v) is 1.94. The SMILES string of the molecule is NC(=NO)c1ccc(C=CCS)cc1. The summed E-state index contributed by atoms with van der Waals surface area (Å²) in [4.78, 5) is 0. The molecule has 0 aliphatic carbocycles. The number of hydrogen-bond donors (Lipinski definition) is 3. The number of thiol groups is 1. The highest BCUT2D eigenvalue weighted by molar-refractivity contribution is 7.80. The number of benzene rings is 1. The van der Waals surface area contributed by atoms with E-state index in [1.54, 1.807) is 12.1 Å². The Morgan fingerprint density at radius 1 is 1.43 bits per heavy atom. The summed E-state index contributed by atoms with van der Waals surface area (Å²) in [5.74, 6) is 0.830. The van der Waals surface area contributed by atoms with E-state index in [0.717, 1.165) is 5.56 Å². The average Bonchev–Trinajstić information content (AvgIpc) is 2.26. The Hall–Kier alpha value is -1.42. The van der Waals surface area contributed by atoms with Gasteiger partial charge >= 0.3 is 0 Å². The number of nitrogens with two attached hydrogens (primary N) is 1. The lowest BCUT2D eigenvalue weighted by molar-refractivity contribution is 0.318. The molecule has 0 bridgehead atoms. The van der Waals surface area contributed by atoms with Gasteiger partial charge < -0.3 is 10.9 Å². The van der Waals surface area contributed by atoms with Crippen molar-refractivity contribution < 1.29 is 5.21 Å². The van der Waals surface area contributed by atoms with Crippen LogP contribution in [0, 0.1) is 0 Å². The molecule has 0 aliphatic rings. The van der Waals surface area contributed by atoms with E-state index in [4.69, 9.17) is 10.9 Å². The first-order chi connectivity index (χ1) is 6.77. The van der Waals surface area contributed by atoms with Gasteiger partial charge in [0.2, 0.25) is 0 Å². The summed E-state index contributed by atoms with van der Waals surface area (Å²) in [5.41, 5.74) is 7.18. The van der Waals surface area contributed by atoms with Gasteiger partial charge in [0.15, 0.2) is 5.84 Å². The molecule has 4 heteroatoms. The van der Waals surface area contributed by atoms with Crippen LogP contribution in [-0.2, 0) is 0 Å². The van der Waals surface area contributed by atoms with Gasteiger partial charge in [-0.15, -0.1) is 0 Å². The molecule has 3 nitrogen and oxygen atoms in total. The molecule has 0 heterocycles. The predicted octanol–water partition coefficient (Wildman–Crippen LogP) is 1.72. The third kappa shape index (κ3) is 2.81. The molecule has 0 spiro atoms. The molecular weight excluding hydrogens is 196 g/mol. The van der Waals surface area contributed by atoms with Crippen molar-refractivity contribution in [1.29, 1.82) is 0 Å². The van der Waals surface area contributed by atoms with Gasteiger partial charge in [0.25, 0.3) is 0 Å². The third-order valence-electron chi connectivity index (χ3n) is 1.73. The van der Waals surface area contributed by atoms with E-state index in [1.807, 2.05) is 24.3 Å². The smallest absolute Gasteiger partial charge is 0.170 e. The second kappa shape index (κ2) is 5.34. The monoisotopic (exact) mass is 208 g/mol. The lowest BCUT2D eigenvalue weighted by atomic mass is 10.1. The molecule has 1 aromatic rings. The van der Waals surface area contributed by atoms with Crippen molar-refractivity contribution in [2.45, 2.75) is 0 Å². The van der Waals surface area contributed by atoms with Gasteiger partial charge in [-0.05, 0) is 5.56 Å². The largest absolute Gasteiger partial charge is 0.409 e. The summed E-state index contributed by atoms with van der Waals surface area (Å²) in [5, 5.41) is 11.4. The number of hydrogen-bond acceptors (Lipinski definition) is 3. The van der Waals surface area contributed by atoms with E-state index in [0.29, 0.717) is 11.3 Å². The minimum absolute atomic E-state index is 0.120. The maximum absolute atomic E-state index is 8.44. The van der Waals surface area contributed by atoms with E-state index < -0.39 is 0 Å². The summed E-state index contributed by atoms with van der Waals surface area (Å²) in [6.07, 6.45) is 3.91. The first-order valence-electron chi connectivity index (χ1n) is 4.13. The molecule has 0 aliphatic heterocycles. The standard InChI is InChI=1S/C10H12N2OS/c11-10(12-13)9-5-3-8(4-6-9)2-1-7-14/h1-6,13-14H,7H2,(H2,11,12). The molecule has 3 N–H and O–H groups in total. The van der Waals surface area contributed by atoms with E-state index in [-0.39, 0.29) is 5.84 Å². The lowest BCUT2D eigenvalue weighted by Gasteiger charge is -1.98. The molecule has 0 fully saturated rings. The van der Waals surface area contributed by atoms with Crippen molar-refractivity contribution in [1.82, 2.24) is 0 Å². The molecule has 0 saturated heterocycles. The number of rotatable bonds is 3. The second-order valence-corrected chi connectivity index (χ2v) is 3.06. The minimum Gasteiger partial charge on any atom is -0.409 e. The fourth-order valence-corrected chi connectivity index (χ4v) is 1.12. The van der Waals surface area contributed by atoms with E-state index in [9.17, 15) is 0 Å². The first kappa shape index (κ1) is 10.7.